The van der Waals surface area contributed by atoms with Crippen LogP contribution >= 0.6 is 0 Å². The number of halogens is 1. The van der Waals surface area contributed by atoms with E-state index in [-0.39, 0.29) is 18.2 Å². The van der Waals surface area contributed by atoms with Crippen molar-refractivity contribution in [2.24, 2.45) is 5.92 Å². The van der Waals surface area contributed by atoms with Crippen LogP contribution in [0.15, 0.2) is 42.7 Å². The predicted molar refractivity (Wildman–Crippen MR) is 151 cm³/mol. The number of hydrogen-bond acceptors (Lipinski definition) is 6. The molecule has 2 N–H and O–H groups in total. The number of nitrogens with zero attached hydrogens (tertiary/aromatic N) is 4. The zero-order valence-corrected chi connectivity index (χ0v) is 23.9. The molecule has 3 heterocycles. The molecule has 1 saturated heterocycles. The predicted octanol–water partition coefficient (Wildman–Crippen LogP) is 5.26. The Balaban J connectivity index is 1.59. The summed E-state index contributed by atoms with van der Waals surface area (Å²) in [6.07, 6.45) is 4.29. The van der Waals surface area contributed by atoms with Crippen molar-refractivity contribution in [1.82, 2.24) is 14.5 Å². The van der Waals surface area contributed by atoms with Gasteiger partial charge in [0.05, 0.1) is 23.0 Å². The second-order valence-corrected chi connectivity index (χ2v) is 16.8. The van der Waals surface area contributed by atoms with Gasteiger partial charge >= 0.3 is 5.97 Å². The number of pyridine rings is 1. The third-order valence-electron chi connectivity index (χ3n) is 6.79. The van der Waals surface area contributed by atoms with E-state index in [4.69, 9.17) is 4.74 Å². The molecule has 1 aliphatic rings. The van der Waals surface area contributed by atoms with Crippen LogP contribution in [0.4, 0.5) is 15.8 Å². The van der Waals surface area contributed by atoms with Gasteiger partial charge in [0.1, 0.15) is 12.5 Å². The number of imidazole rings is 1. The lowest BCUT2D eigenvalue weighted by molar-refractivity contribution is -0.142. The molecule has 1 aromatic carbocycles. The molecule has 9 nitrogen and oxygen atoms in total. The maximum atomic E-state index is 15.0. The molecule has 0 bridgehead atoms. The number of aromatic nitrogens is 3. The van der Waals surface area contributed by atoms with Crippen molar-refractivity contribution in [3.8, 4) is 11.3 Å². The van der Waals surface area contributed by atoms with E-state index in [0.29, 0.717) is 43.9 Å². The number of rotatable bonds is 10. The van der Waals surface area contributed by atoms with E-state index < -0.39 is 31.7 Å². The van der Waals surface area contributed by atoms with Gasteiger partial charge in [0, 0.05) is 51.4 Å². The Bertz CT molecular complexity index is 1330. The van der Waals surface area contributed by atoms with Gasteiger partial charge < -0.3 is 24.6 Å². The van der Waals surface area contributed by atoms with Gasteiger partial charge in [-0.2, -0.15) is 0 Å². The number of carbonyl (C=O) groups excluding carboxylic acids is 1. The fourth-order valence-corrected chi connectivity index (χ4v) is 5.30. The molecular weight excluding hydrogens is 517 g/mol. The average molecular weight is 554 g/mol. The van der Waals surface area contributed by atoms with E-state index in [1.54, 1.807) is 27.9 Å². The van der Waals surface area contributed by atoms with Gasteiger partial charge in [-0.25, -0.2) is 9.37 Å². The van der Waals surface area contributed by atoms with E-state index in [2.05, 4.69) is 34.9 Å². The molecule has 3 aromatic rings. The molecule has 0 atom stereocenters. The molecule has 208 valence electrons. The highest BCUT2D eigenvalue weighted by atomic mass is 28.3. The molecule has 1 fully saturated rings. The minimum Gasteiger partial charge on any atom is -0.481 e. The molecule has 0 spiro atoms. The Morgan fingerprint density at radius 1 is 1.21 bits per heavy atom. The van der Waals surface area contributed by atoms with E-state index in [1.165, 1.54) is 12.1 Å². The summed E-state index contributed by atoms with van der Waals surface area (Å²) in [7, 11) is -1.28. The zero-order valence-electron chi connectivity index (χ0n) is 22.9. The van der Waals surface area contributed by atoms with E-state index in [9.17, 15) is 14.7 Å². The fraction of sp³-hybridized carbons (Fsp3) is 0.429. The average Bonchev–Trinajstić information content (AvgIpc) is 3.31. The molecule has 2 aromatic heterocycles. The normalized spacial score (nSPS) is 14.4. The molecule has 0 saturated carbocycles. The summed E-state index contributed by atoms with van der Waals surface area (Å²) in [6, 6.07) is 9.24. The summed E-state index contributed by atoms with van der Waals surface area (Å²) in [5.74, 6) is -2.11. The number of amides is 1. The maximum Gasteiger partial charge on any atom is 0.306 e. The number of aryl methyl sites for hydroxylation is 1. The molecule has 0 radical (unpaired) electrons. The Labute approximate surface area is 229 Å². The van der Waals surface area contributed by atoms with Crippen LogP contribution < -0.4 is 10.2 Å². The van der Waals surface area contributed by atoms with Gasteiger partial charge in [-0.3, -0.25) is 14.6 Å². The first-order valence-electron chi connectivity index (χ1n) is 13.2. The maximum absolute atomic E-state index is 15.0. The van der Waals surface area contributed by atoms with Crippen molar-refractivity contribution in [2.45, 2.75) is 52.2 Å². The number of hydrogen-bond donors (Lipinski definition) is 2. The van der Waals surface area contributed by atoms with Crippen LogP contribution in [0.2, 0.25) is 25.7 Å². The lowest BCUT2D eigenvalue weighted by Crippen LogP contribution is -2.37. The Morgan fingerprint density at radius 3 is 2.62 bits per heavy atom. The number of carboxylic acids is 1. The lowest BCUT2D eigenvalue weighted by atomic mass is 9.96. The molecular formula is C28H36FN5O4Si. The number of piperidine rings is 1. The van der Waals surface area contributed by atoms with Crippen LogP contribution in [0.1, 0.15) is 29.2 Å². The third-order valence-corrected chi connectivity index (χ3v) is 8.50. The van der Waals surface area contributed by atoms with Crippen LogP contribution in [-0.4, -0.2) is 59.3 Å². The van der Waals surface area contributed by atoms with Crippen molar-refractivity contribution in [3.63, 3.8) is 0 Å². The summed E-state index contributed by atoms with van der Waals surface area (Å²) < 4.78 is 22.6. The van der Waals surface area contributed by atoms with Crippen LogP contribution in [0.5, 0.6) is 0 Å². The molecule has 11 heteroatoms. The highest BCUT2D eigenvalue weighted by Gasteiger charge is 2.28. The largest absolute Gasteiger partial charge is 0.481 e. The molecule has 4 rings (SSSR count). The minimum atomic E-state index is -1.28. The van der Waals surface area contributed by atoms with Crippen LogP contribution in [0.25, 0.3) is 11.3 Å². The number of benzene rings is 1. The number of nitrogens with one attached hydrogen (secondary N) is 1. The Hall–Kier alpha value is -3.57. The van der Waals surface area contributed by atoms with Crippen LogP contribution in [0, 0.1) is 18.7 Å². The summed E-state index contributed by atoms with van der Waals surface area (Å²) in [6.45, 7) is 10.2. The second-order valence-electron chi connectivity index (χ2n) is 11.1. The lowest BCUT2D eigenvalue weighted by Gasteiger charge is -2.33. The van der Waals surface area contributed by atoms with Crippen LogP contribution in [-0.2, 0) is 16.3 Å². The molecule has 1 amide bonds. The SMILES string of the molecule is Cc1cc(-c2cn(COCC[Si](C)(C)C)c(C(=O)Nc3cccc(F)c3N3CCC(C(=O)O)CC3)n2)ccn1. The van der Waals surface area contributed by atoms with Gasteiger partial charge in [-0.1, -0.05) is 25.7 Å². The summed E-state index contributed by atoms with van der Waals surface area (Å²) in [5.41, 5.74) is 2.82. The minimum absolute atomic E-state index is 0.146. The standard InChI is InChI=1S/C28H36FN5O4Si/c1-19-16-21(8-11-30-19)24-17-34(18-38-14-15-39(2,3)4)26(31-24)27(35)32-23-7-5-6-22(29)25(23)33-12-9-20(10-13-33)28(36)37/h5-8,11,16-17,20H,9-10,12-15,18H2,1-4H3,(H,32,35)(H,36,37). The van der Waals surface area contributed by atoms with E-state index >= 15 is 4.39 Å². The highest BCUT2D eigenvalue weighted by molar-refractivity contribution is 6.76. The van der Waals surface area contributed by atoms with Gasteiger partial charge in [0.25, 0.3) is 5.91 Å². The van der Waals surface area contributed by atoms with E-state index in [0.717, 1.165) is 17.3 Å². The number of aliphatic carboxylic acids is 1. The van der Waals surface area contributed by atoms with Gasteiger partial charge in [0.2, 0.25) is 5.82 Å². The Morgan fingerprint density at radius 2 is 1.95 bits per heavy atom. The van der Waals surface area contributed by atoms with Crippen molar-refractivity contribution in [1.29, 1.82) is 0 Å². The van der Waals surface area contributed by atoms with Gasteiger partial charge in [0.15, 0.2) is 0 Å². The van der Waals surface area contributed by atoms with Crippen molar-refractivity contribution in [3.05, 3.63) is 60.1 Å². The molecule has 0 aliphatic carbocycles. The summed E-state index contributed by atoms with van der Waals surface area (Å²) in [5, 5.41) is 12.2. The zero-order chi connectivity index (χ0) is 28.2. The number of anilines is 2. The first-order chi connectivity index (χ1) is 18.5. The third kappa shape index (κ3) is 7.30. The second kappa shape index (κ2) is 12.1. The van der Waals surface area contributed by atoms with Crippen LogP contribution in [0.3, 0.4) is 0 Å². The number of carboxylic acid groups (broad SMARTS) is 1. The van der Waals surface area contributed by atoms with Gasteiger partial charge in [-0.15, -0.1) is 0 Å². The monoisotopic (exact) mass is 553 g/mol. The number of carbonyl (C=O) groups is 2. The smallest absolute Gasteiger partial charge is 0.306 e. The Kier molecular flexibility index (Phi) is 8.81. The van der Waals surface area contributed by atoms with Crippen molar-refractivity contribution in [2.75, 3.05) is 29.9 Å². The fourth-order valence-electron chi connectivity index (χ4n) is 4.55. The van der Waals surface area contributed by atoms with Crippen molar-refractivity contribution < 1.29 is 23.8 Å². The highest BCUT2D eigenvalue weighted by Crippen LogP contribution is 2.33. The molecule has 1 aliphatic heterocycles. The molecule has 39 heavy (non-hydrogen) atoms. The van der Waals surface area contributed by atoms with E-state index in [1.807, 2.05) is 19.1 Å². The summed E-state index contributed by atoms with van der Waals surface area (Å²) in [4.78, 5) is 35.6. The number of para-hydroxylation sites is 1. The van der Waals surface area contributed by atoms with Crippen molar-refractivity contribution >= 4 is 31.3 Å². The first kappa shape index (κ1) is 28.4. The van der Waals surface area contributed by atoms with Gasteiger partial charge in [-0.05, 0) is 50.1 Å². The first-order valence-corrected chi connectivity index (χ1v) is 16.9. The quantitative estimate of drug-likeness (QED) is 0.260. The number of ether oxygens (including phenoxy) is 1. The molecule has 0 unspecified atom stereocenters. The summed E-state index contributed by atoms with van der Waals surface area (Å²) >= 11 is 0. The topological polar surface area (TPSA) is 110 Å².